The Morgan fingerprint density at radius 2 is 1.96 bits per heavy atom. The summed E-state index contributed by atoms with van der Waals surface area (Å²) in [4.78, 5) is 28.9. The predicted octanol–water partition coefficient (Wildman–Crippen LogP) is 3.99. The van der Waals surface area contributed by atoms with Crippen molar-refractivity contribution in [3.05, 3.63) is 47.9 Å². The third kappa shape index (κ3) is 4.94. The number of carbonyl (C=O) groups is 2. The van der Waals surface area contributed by atoms with Gasteiger partial charge in [-0.1, -0.05) is 13.8 Å². The van der Waals surface area contributed by atoms with Gasteiger partial charge in [0.05, 0.1) is 6.26 Å². The standard InChI is InChI=1S/C22H29N3O3/c1-15(2)21(26)23-18-9-10-19(24(3)4)17(12-18)14-25(13-16-7-8-16)22(27)20-6-5-11-28-20/h5-6,9-12,15-16H,7-8,13-14H2,1-4H3,(H,23,26). The molecule has 28 heavy (non-hydrogen) atoms. The molecule has 1 fully saturated rings. The van der Waals surface area contributed by atoms with Crippen LogP contribution in [0.1, 0.15) is 42.8 Å². The Kier molecular flexibility index (Phi) is 6.07. The largest absolute Gasteiger partial charge is 0.459 e. The zero-order valence-electron chi connectivity index (χ0n) is 17.1. The van der Waals surface area contributed by atoms with Crippen LogP contribution in [0.25, 0.3) is 0 Å². The minimum Gasteiger partial charge on any atom is -0.459 e. The monoisotopic (exact) mass is 383 g/mol. The number of furan rings is 1. The van der Waals surface area contributed by atoms with E-state index in [0.29, 0.717) is 18.2 Å². The number of anilines is 2. The molecule has 0 radical (unpaired) electrons. The summed E-state index contributed by atoms with van der Waals surface area (Å²) in [6.45, 7) is 4.91. The van der Waals surface area contributed by atoms with E-state index in [1.807, 2.05) is 55.9 Å². The van der Waals surface area contributed by atoms with E-state index < -0.39 is 0 Å². The second-order valence-electron chi connectivity index (χ2n) is 7.99. The van der Waals surface area contributed by atoms with E-state index in [1.165, 1.54) is 6.26 Å². The summed E-state index contributed by atoms with van der Waals surface area (Å²) in [5.41, 5.74) is 2.76. The molecule has 1 heterocycles. The predicted molar refractivity (Wildman–Crippen MR) is 110 cm³/mol. The first-order valence-electron chi connectivity index (χ1n) is 9.79. The molecule has 0 spiro atoms. The average Bonchev–Trinajstić information content (AvgIpc) is 3.29. The fourth-order valence-electron chi connectivity index (χ4n) is 3.11. The Morgan fingerprint density at radius 1 is 1.21 bits per heavy atom. The van der Waals surface area contributed by atoms with Crippen LogP contribution in [-0.2, 0) is 11.3 Å². The van der Waals surface area contributed by atoms with Crippen LogP contribution in [0.15, 0.2) is 41.0 Å². The minimum atomic E-state index is -0.0989. The Hall–Kier alpha value is -2.76. The second-order valence-corrected chi connectivity index (χ2v) is 7.99. The first-order valence-corrected chi connectivity index (χ1v) is 9.79. The van der Waals surface area contributed by atoms with E-state index in [1.54, 1.807) is 12.1 Å². The lowest BCUT2D eigenvalue weighted by Gasteiger charge is -2.26. The quantitative estimate of drug-likeness (QED) is 0.748. The summed E-state index contributed by atoms with van der Waals surface area (Å²) in [5, 5.41) is 2.95. The number of nitrogens with zero attached hydrogens (tertiary/aromatic N) is 2. The van der Waals surface area contributed by atoms with Crippen LogP contribution in [0.3, 0.4) is 0 Å². The van der Waals surface area contributed by atoms with Crippen LogP contribution in [0.4, 0.5) is 11.4 Å². The fourth-order valence-corrected chi connectivity index (χ4v) is 3.11. The van der Waals surface area contributed by atoms with E-state index in [9.17, 15) is 9.59 Å². The number of nitrogens with one attached hydrogen (secondary N) is 1. The number of amides is 2. The molecule has 0 saturated heterocycles. The molecule has 1 saturated carbocycles. The molecular weight excluding hydrogens is 354 g/mol. The number of rotatable bonds is 8. The van der Waals surface area contributed by atoms with E-state index >= 15 is 0 Å². The number of carbonyl (C=O) groups excluding carboxylic acids is 2. The minimum absolute atomic E-state index is 0.0231. The van der Waals surface area contributed by atoms with Gasteiger partial charge in [-0.15, -0.1) is 0 Å². The summed E-state index contributed by atoms with van der Waals surface area (Å²) in [5.74, 6) is 0.703. The molecule has 150 valence electrons. The van der Waals surface area contributed by atoms with E-state index in [-0.39, 0.29) is 17.7 Å². The van der Waals surface area contributed by atoms with Crippen molar-refractivity contribution in [2.75, 3.05) is 30.9 Å². The molecule has 0 atom stereocenters. The van der Waals surface area contributed by atoms with Crippen molar-refractivity contribution in [3.8, 4) is 0 Å². The van der Waals surface area contributed by atoms with Gasteiger partial charge in [0.15, 0.2) is 5.76 Å². The summed E-state index contributed by atoms with van der Waals surface area (Å²) in [7, 11) is 3.95. The average molecular weight is 383 g/mol. The third-order valence-corrected chi connectivity index (χ3v) is 4.91. The van der Waals surface area contributed by atoms with Crippen LogP contribution in [-0.4, -0.2) is 37.4 Å². The van der Waals surface area contributed by atoms with E-state index in [0.717, 1.165) is 36.3 Å². The SMILES string of the molecule is CC(C)C(=O)Nc1ccc(N(C)C)c(CN(CC2CC2)C(=O)c2ccco2)c1. The van der Waals surface area contributed by atoms with Crippen molar-refractivity contribution in [1.82, 2.24) is 4.90 Å². The summed E-state index contributed by atoms with van der Waals surface area (Å²) < 4.78 is 5.34. The highest BCUT2D eigenvalue weighted by Crippen LogP contribution is 2.32. The molecule has 2 aromatic rings. The van der Waals surface area contributed by atoms with Gasteiger partial charge in [-0.25, -0.2) is 0 Å². The first-order chi connectivity index (χ1) is 13.3. The maximum absolute atomic E-state index is 13.0. The molecule has 0 unspecified atom stereocenters. The van der Waals surface area contributed by atoms with Gasteiger partial charge >= 0.3 is 0 Å². The molecule has 1 aliphatic carbocycles. The second kappa shape index (κ2) is 8.50. The first kappa shape index (κ1) is 20.0. The van der Waals surface area contributed by atoms with Crippen molar-refractivity contribution < 1.29 is 14.0 Å². The molecule has 0 bridgehead atoms. The van der Waals surface area contributed by atoms with Crippen molar-refractivity contribution in [1.29, 1.82) is 0 Å². The Morgan fingerprint density at radius 3 is 2.54 bits per heavy atom. The van der Waals surface area contributed by atoms with Crippen molar-refractivity contribution >= 4 is 23.2 Å². The molecular formula is C22H29N3O3. The lowest BCUT2D eigenvalue weighted by atomic mass is 10.1. The summed E-state index contributed by atoms with van der Waals surface area (Å²) in [6, 6.07) is 9.28. The molecule has 1 aliphatic rings. The summed E-state index contributed by atoms with van der Waals surface area (Å²) >= 11 is 0. The highest BCUT2D eigenvalue weighted by molar-refractivity contribution is 5.93. The topological polar surface area (TPSA) is 65.8 Å². The number of benzene rings is 1. The van der Waals surface area contributed by atoms with Gasteiger partial charge in [-0.3, -0.25) is 9.59 Å². The van der Waals surface area contributed by atoms with Gasteiger partial charge in [0.1, 0.15) is 0 Å². The van der Waals surface area contributed by atoms with Crippen LogP contribution >= 0.6 is 0 Å². The molecule has 0 aliphatic heterocycles. The maximum Gasteiger partial charge on any atom is 0.289 e. The van der Waals surface area contributed by atoms with Crippen LogP contribution in [0, 0.1) is 11.8 Å². The van der Waals surface area contributed by atoms with Crippen molar-refractivity contribution in [3.63, 3.8) is 0 Å². The number of hydrogen-bond donors (Lipinski definition) is 1. The molecule has 2 amide bonds. The zero-order chi connectivity index (χ0) is 20.3. The zero-order valence-corrected chi connectivity index (χ0v) is 17.1. The third-order valence-electron chi connectivity index (χ3n) is 4.91. The van der Waals surface area contributed by atoms with Gasteiger partial charge in [-0.2, -0.15) is 0 Å². The maximum atomic E-state index is 13.0. The lowest BCUT2D eigenvalue weighted by molar-refractivity contribution is -0.118. The molecule has 6 heteroatoms. The Bertz CT molecular complexity index is 824. The van der Waals surface area contributed by atoms with Crippen LogP contribution < -0.4 is 10.2 Å². The fraction of sp³-hybridized carbons (Fsp3) is 0.455. The van der Waals surface area contributed by atoms with Crippen molar-refractivity contribution in [2.24, 2.45) is 11.8 Å². The number of hydrogen-bond acceptors (Lipinski definition) is 4. The Balaban J connectivity index is 1.87. The molecule has 3 rings (SSSR count). The van der Waals surface area contributed by atoms with Gasteiger partial charge in [-0.05, 0) is 54.7 Å². The van der Waals surface area contributed by atoms with Crippen LogP contribution in [0.5, 0.6) is 0 Å². The van der Waals surface area contributed by atoms with Crippen LogP contribution in [0.2, 0.25) is 0 Å². The normalized spacial score (nSPS) is 13.5. The summed E-state index contributed by atoms with van der Waals surface area (Å²) in [6.07, 6.45) is 3.84. The molecule has 1 N–H and O–H groups in total. The highest BCUT2D eigenvalue weighted by atomic mass is 16.3. The Labute approximate surface area is 166 Å². The highest BCUT2D eigenvalue weighted by Gasteiger charge is 2.29. The lowest BCUT2D eigenvalue weighted by Crippen LogP contribution is -2.33. The molecule has 1 aromatic carbocycles. The van der Waals surface area contributed by atoms with Gasteiger partial charge in [0.2, 0.25) is 5.91 Å². The van der Waals surface area contributed by atoms with E-state index in [2.05, 4.69) is 5.32 Å². The molecule has 6 nitrogen and oxygen atoms in total. The van der Waals surface area contributed by atoms with Gasteiger partial charge < -0.3 is 19.5 Å². The smallest absolute Gasteiger partial charge is 0.289 e. The van der Waals surface area contributed by atoms with Gasteiger partial charge in [0.25, 0.3) is 5.91 Å². The van der Waals surface area contributed by atoms with Crippen molar-refractivity contribution in [2.45, 2.75) is 33.2 Å². The van der Waals surface area contributed by atoms with E-state index in [4.69, 9.17) is 4.42 Å². The molecule has 1 aromatic heterocycles. The van der Waals surface area contributed by atoms with Gasteiger partial charge in [0, 0.05) is 44.5 Å².